The van der Waals surface area contributed by atoms with Crippen LogP contribution in [-0.2, 0) is 11.0 Å². The smallest absolute Gasteiger partial charge is 0.255 e. The summed E-state index contributed by atoms with van der Waals surface area (Å²) in [5, 5.41) is 2.92. The highest BCUT2D eigenvalue weighted by Crippen LogP contribution is 2.21. The van der Waals surface area contributed by atoms with E-state index in [1.165, 1.54) is 0 Å². The molecule has 1 amide bonds. The van der Waals surface area contributed by atoms with Crippen molar-refractivity contribution in [3.8, 4) is 0 Å². The van der Waals surface area contributed by atoms with Crippen LogP contribution in [0.1, 0.15) is 29.8 Å². The van der Waals surface area contributed by atoms with Gasteiger partial charge in [-0.3, -0.25) is 4.79 Å². The second kappa shape index (κ2) is 10.5. The summed E-state index contributed by atoms with van der Waals surface area (Å²) in [5.74, 6) is -0.229. The van der Waals surface area contributed by atoms with Crippen molar-refractivity contribution >= 4 is 38.5 Å². The second-order valence-electron chi connectivity index (χ2n) is 6.21. The molecule has 0 radical (unpaired) electrons. The minimum absolute atomic E-state index is 0.229. The van der Waals surface area contributed by atoms with Crippen molar-refractivity contribution in [2.75, 3.05) is 18.4 Å². The van der Waals surface area contributed by atoms with E-state index in [0.29, 0.717) is 23.5 Å². The van der Waals surface area contributed by atoms with E-state index in [4.69, 9.17) is 0 Å². The van der Waals surface area contributed by atoms with Crippen molar-refractivity contribution in [1.82, 2.24) is 4.31 Å². The van der Waals surface area contributed by atoms with E-state index in [0.717, 1.165) is 21.3 Å². The third-order valence-electron chi connectivity index (χ3n) is 4.31. The SMILES string of the molecule is C=C/C(=C\C)CN(CC)S(=O)c1cccc(C(=O)Nc2ccc(Br)cc2C)c1. The van der Waals surface area contributed by atoms with Crippen LogP contribution in [0.5, 0.6) is 0 Å². The lowest BCUT2D eigenvalue weighted by molar-refractivity contribution is 0.102. The van der Waals surface area contributed by atoms with Crippen molar-refractivity contribution < 1.29 is 9.00 Å². The Morgan fingerprint density at radius 3 is 2.64 bits per heavy atom. The molecule has 4 nitrogen and oxygen atoms in total. The molecule has 0 bridgehead atoms. The summed E-state index contributed by atoms with van der Waals surface area (Å²) < 4.78 is 15.8. The number of anilines is 1. The molecular weight excluding hydrogens is 436 g/mol. The van der Waals surface area contributed by atoms with Gasteiger partial charge in [0.05, 0.1) is 4.90 Å². The fourth-order valence-corrected chi connectivity index (χ4v) is 4.32. The zero-order chi connectivity index (χ0) is 20.7. The molecule has 0 heterocycles. The molecule has 0 spiro atoms. The first kappa shape index (κ1) is 22.3. The highest BCUT2D eigenvalue weighted by Gasteiger charge is 2.16. The number of nitrogens with zero attached hydrogens (tertiary/aromatic N) is 1. The molecule has 1 N–H and O–H groups in total. The number of aryl methyl sites for hydroxylation is 1. The van der Waals surface area contributed by atoms with E-state index < -0.39 is 11.0 Å². The molecular formula is C22H25BrN2O2S. The molecule has 0 aliphatic carbocycles. The van der Waals surface area contributed by atoms with Crippen LogP contribution in [0.25, 0.3) is 0 Å². The molecule has 2 aromatic rings. The molecule has 1 unspecified atom stereocenters. The molecule has 2 rings (SSSR count). The van der Waals surface area contributed by atoms with Gasteiger partial charge in [-0.05, 0) is 61.4 Å². The Morgan fingerprint density at radius 1 is 1.29 bits per heavy atom. The zero-order valence-corrected chi connectivity index (χ0v) is 18.8. The predicted molar refractivity (Wildman–Crippen MR) is 121 cm³/mol. The van der Waals surface area contributed by atoms with Crippen LogP contribution in [0.2, 0.25) is 0 Å². The van der Waals surface area contributed by atoms with Gasteiger partial charge in [0.2, 0.25) is 0 Å². The first-order valence-electron chi connectivity index (χ1n) is 9.01. The minimum atomic E-state index is -1.37. The average molecular weight is 461 g/mol. The monoisotopic (exact) mass is 460 g/mol. The number of carbonyl (C=O) groups is 1. The fourth-order valence-electron chi connectivity index (χ4n) is 2.62. The van der Waals surface area contributed by atoms with Crippen molar-refractivity contribution in [1.29, 1.82) is 0 Å². The summed E-state index contributed by atoms with van der Waals surface area (Å²) in [4.78, 5) is 13.3. The fraction of sp³-hybridized carbons (Fsp3) is 0.227. The Bertz CT molecular complexity index is 925. The van der Waals surface area contributed by atoms with Crippen molar-refractivity contribution in [2.45, 2.75) is 25.7 Å². The largest absolute Gasteiger partial charge is 0.322 e. The molecule has 0 fully saturated rings. The number of benzene rings is 2. The molecule has 0 saturated carbocycles. The summed E-state index contributed by atoms with van der Waals surface area (Å²) in [5.41, 5.74) is 3.19. The maximum atomic E-state index is 13.0. The van der Waals surface area contributed by atoms with Crippen LogP contribution >= 0.6 is 15.9 Å². The lowest BCUT2D eigenvalue weighted by Gasteiger charge is -2.20. The molecule has 6 heteroatoms. The Hall–Kier alpha value is -2.02. The first-order chi connectivity index (χ1) is 13.4. The van der Waals surface area contributed by atoms with Crippen LogP contribution in [0.4, 0.5) is 5.69 Å². The second-order valence-corrected chi connectivity index (χ2v) is 8.62. The van der Waals surface area contributed by atoms with Gasteiger partial charge in [0.1, 0.15) is 11.0 Å². The molecule has 148 valence electrons. The molecule has 28 heavy (non-hydrogen) atoms. The van der Waals surface area contributed by atoms with Crippen molar-refractivity contribution in [2.24, 2.45) is 0 Å². The van der Waals surface area contributed by atoms with Gasteiger partial charge < -0.3 is 5.32 Å². The summed E-state index contributed by atoms with van der Waals surface area (Å²) >= 11 is 3.42. The van der Waals surface area contributed by atoms with Gasteiger partial charge in [0.15, 0.2) is 0 Å². The molecule has 0 aliphatic heterocycles. The quantitative estimate of drug-likeness (QED) is 0.529. The topological polar surface area (TPSA) is 49.4 Å². The maximum Gasteiger partial charge on any atom is 0.255 e. The van der Waals surface area contributed by atoms with Gasteiger partial charge in [-0.2, -0.15) is 0 Å². The number of likely N-dealkylation sites (N-methyl/N-ethyl adjacent to an activating group) is 1. The lowest BCUT2D eigenvalue weighted by Crippen LogP contribution is -2.28. The van der Waals surface area contributed by atoms with Gasteiger partial charge >= 0.3 is 0 Å². The summed E-state index contributed by atoms with van der Waals surface area (Å²) in [7, 11) is -1.37. The van der Waals surface area contributed by atoms with E-state index in [-0.39, 0.29) is 5.91 Å². The molecule has 0 aromatic heterocycles. The van der Waals surface area contributed by atoms with Crippen LogP contribution < -0.4 is 5.32 Å². The first-order valence-corrected chi connectivity index (χ1v) is 10.9. The zero-order valence-electron chi connectivity index (χ0n) is 16.4. The Labute approximate surface area is 178 Å². The number of nitrogens with one attached hydrogen (secondary N) is 1. The van der Waals surface area contributed by atoms with Gasteiger partial charge in [0, 0.05) is 28.8 Å². The summed E-state index contributed by atoms with van der Waals surface area (Å²) in [6, 6.07) is 12.6. The number of amides is 1. The van der Waals surface area contributed by atoms with Crippen molar-refractivity contribution in [3.05, 3.63) is 82.4 Å². The lowest BCUT2D eigenvalue weighted by atomic mass is 10.1. The van der Waals surface area contributed by atoms with E-state index in [2.05, 4.69) is 27.8 Å². The van der Waals surface area contributed by atoms with Crippen LogP contribution in [-0.4, -0.2) is 27.5 Å². The van der Waals surface area contributed by atoms with Gasteiger partial charge in [-0.1, -0.05) is 47.7 Å². The number of hydrogen-bond donors (Lipinski definition) is 1. The third-order valence-corrected chi connectivity index (χ3v) is 6.32. The van der Waals surface area contributed by atoms with Crippen LogP contribution in [0, 0.1) is 6.92 Å². The van der Waals surface area contributed by atoms with Crippen LogP contribution in [0.3, 0.4) is 0 Å². The number of allylic oxidation sites excluding steroid dienone is 1. The number of halogens is 1. The summed E-state index contributed by atoms with van der Waals surface area (Å²) in [6.07, 6.45) is 3.72. The normalized spacial score (nSPS) is 12.7. The Morgan fingerprint density at radius 2 is 2.04 bits per heavy atom. The molecule has 0 saturated heterocycles. The minimum Gasteiger partial charge on any atom is -0.322 e. The van der Waals surface area contributed by atoms with Crippen LogP contribution in [0.15, 0.2) is 76.1 Å². The molecule has 2 aromatic carbocycles. The van der Waals surface area contributed by atoms with Gasteiger partial charge in [-0.25, -0.2) is 8.51 Å². The van der Waals surface area contributed by atoms with E-state index >= 15 is 0 Å². The molecule has 0 aliphatic rings. The molecule has 1 atom stereocenters. The Kier molecular flexibility index (Phi) is 8.35. The standard InChI is InChI=1S/C22H25BrN2O2S/c1-5-17(6-2)15-25(7-3)28(27)20-10-8-9-18(14-20)22(26)24-21-12-11-19(23)13-16(21)4/h5-6,8-14H,1,7,15H2,2-4H3,(H,24,26)/b17-6+. The third kappa shape index (κ3) is 5.74. The van der Waals surface area contributed by atoms with Gasteiger partial charge in [0.25, 0.3) is 5.91 Å². The van der Waals surface area contributed by atoms with Gasteiger partial charge in [-0.15, -0.1) is 0 Å². The van der Waals surface area contributed by atoms with Crippen molar-refractivity contribution in [3.63, 3.8) is 0 Å². The maximum absolute atomic E-state index is 13.0. The highest BCUT2D eigenvalue weighted by molar-refractivity contribution is 9.10. The highest BCUT2D eigenvalue weighted by atomic mass is 79.9. The average Bonchev–Trinajstić information content (AvgIpc) is 2.70. The number of carbonyl (C=O) groups excluding carboxylic acids is 1. The number of hydrogen-bond acceptors (Lipinski definition) is 2. The van der Waals surface area contributed by atoms with E-state index in [9.17, 15) is 9.00 Å². The van der Waals surface area contributed by atoms with E-state index in [1.807, 2.05) is 49.4 Å². The Balaban J connectivity index is 2.21. The van der Waals surface area contributed by atoms with E-state index in [1.54, 1.807) is 30.3 Å². The summed E-state index contributed by atoms with van der Waals surface area (Å²) in [6.45, 7) is 10.8. The number of rotatable bonds is 8. The predicted octanol–water partition coefficient (Wildman–Crippen LogP) is 5.49.